The summed E-state index contributed by atoms with van der Waals surface area (Å²) in [5.41, 5.74) is 3.91. The summed E-state index contributed by atoms with van der Waals surface area (Å²) >= 11 is 6.61. The summed E-state index contributed by atoms with van der Waals surface area (Å²) in [4.78, 5) is 36.0. The van der Waals surface area contributed by atoms with Gasteiger partial charge in [0.2, 0.25) is 0 Å². The molecule has 32 heavy (non-hydrogen) atoms. The summed E-state index contributed by atoms with van der Waals surface area (Å²) in [7, 11) is 0. The second kappa shape index (κ2) is 11.4. The normalized spacial score (nSPS) is 10.6. The first kappa shape index (κ1) is 23.4. The lowest BCUT2D eigenvalue weighted by Gasteiger charge is -2.05. The Labute approximate surface area is 201 Å². The summed E-state index contributed by atoms with van der Waals surface area (Å²) in [6.07, 6.45) is 1.44. The molecule has 0 aliphatic rings. The molecule has 7 nitrogen and oxygen atoms in total. The molecule has 0 aliphatic heterocycles. The molecule has 0 heterocycles. The number of benzene rings is 3. The van der Waals surface area contributed by atoms with Crippen LogP contribution in [-0.2, 0) is 4.79 Å². The molecule has 0 saturated carbocycles. The maximum absolute atomic E-state index is 12.1. The standard InChI is InChI=1S/C23H17Br2N3O4/c24-18-8-6-16(7-9-18)23(31)32-20-10-4-15(5-11-20)13-27-28-21(29)14-26-22(30)17-2-1-3-19(25)12-17/h1-13H,14H2,(H,26,30)(H,28,29)/b27-13-. The number of nitrogens with one attached hydrogen (secondary N) is 2. The Morgan fingerprint density at radius 3 is 2.28 bits per heavy atom. The number of esters is 1. The Balaban J connectivity index is 1.45. The van der Waals surface area contributed by atoms with Gasteiger partial charge in [0.05, 0.1) is 18.3 Å². The Hall–Kier alpha value is -3.30. The van der Waals surface area contributed by atoms with Crippen LogP contribution < -0.4 is 15.5 Å². The molecule has 2 amide bonds. The summed E-state index contributed by atoms with van der Waals surface area (Å²) in [6.45, 7) is -0.215. The van der Waals surface area contributed by atoms with E-state index in [1.54, 1.807) is 72.8 Å². The van der Waals surface area contributed by atoms with Crippen LogP contribution in [0.2, 0.25) is 0 Å². The van der Waals surface area contributed by atoms with Crippen molar-refractivity contribution in [3.8, 4) is 5.75 Å². The molecule has 3 aromatic carbocycles. The van der Waals surface area contributed by atoms with Crippen molar-refractivity contribution in [3.63, 3.8) is 0 Å². The van der Waals surface area contributed by atoms with Gasteiger partial charge in [0, 0.05) is 14.5 Å². The van der Waals surface area contributed by atoms with Gasteiger partial charge >= 0.3 is 5.97 Å². The van der Waals surface area contributed by atoms with Gasteiger partial charge in [-0.3, -0.25) is 9.59 Å². The predicted molar refractivity (Wildman–Crippen MR) is 128 cm³/mol. The maximum Gasteiger partial charge on any atom is 0.343 e. The van der Waals surface area contributed by atoms with Crippen LogP contribution in [0.1, 0.15) is 26.3 Å². The highest BCUT2D eigenvalue weighted by Crippen LogP contribution is 2.16. The molecule has 0 unspecified atom stereocenters. The fraction of sp³-hybridized carbons (Fsp3) is 0.0435. The molecule has 0 bridgehead atoms. The van der Waals surface area contributed by atoms with Gasteiger partial charge in [-0.25, -0.2) is 10.2 Å². The van der Waals surface area contributed by atoms with Crippen molar-refractivity contribution in [1.29, 1.82) is 0 Å². The van der Waals surface area contributed by atoms with E-state index in [2.05, 4.69) is 47.7 Å². The van der Waals surface area contributed by atoms with Gasteiger partial charge in [-0.05, 0) is 72.3 Å². The minimum absolute atomic E-state index is 0.215. The van der Waals surface area contributed by atoms with Crippen molar-refractivity contribution in [2.45, 2.75) is 0 Å². The molecular weight excluding hydrogens is 542 g/mol. The average Bonchev–Trinajstić information content (AvgIpc) is 2.79. The number of hydrazone groups is 1. The third-order valence-electron chi connectivity index (χ3n) is 4.07. The van der Waals surface area contributed by atoms with Crippen LogP contribution in [0, 0.1) is 0 Å². The lowest BCUT2D eigenvalue weighted by molar-refractivity contribution is -0.120. The van der Waals surface area contributed by atoms with Crippen LogP contribution in [-0.4, -0.2) is 30.5 Å². The van der Waals surface area contributed by atoms with Crippen molar-refractivity contribution in [1.82, 2.24) is 10.7 Å². The lowest BCUT2D eigenvalue weighted by atomic mass is 10.2. The number of nitrogens with zero attached hydrogens (tertiary/aromatic N) is 1. The molecule has 0 atom stereocenters. The van der Waals surface area contributed by atoms with E-state index in [4.69, 9.17) is 4.74 Å². The van der Waals surface area contributed by atoms with Gasteiger partial charge in [0.25, 0.3) is 11.8 Å². The topological polar surface area (TPSA) is 96.9 Å². The van der Waals surface area contributed by atoms with Crippen molar-refractivity contribution in [3.05, 3.63) is 98.4 Å². The highest BCUT2D eigenvalue weighted by Gasteiger charge is 2.09. The molecule has 0 spiro atoms. The van der Waals surface area contributed by atoms with Gasteiger partial charge in [-0.1, -0.05) is 37.9 Å². The minimum Gasteiger partial charge on any atom is -0.423 e. The van der Waals surface area contributed by atoms with Gasteiger partial charge in [-0.15, -0.1) is 0 Å². The van der Waals surface area contributed by atoms with Gasteiger partial charge in [-0.2, -0.15) is 5.10 Å². The fourth-order valence-electron chi connectivity index (χ4n) is 2.48. The molecule has 162 valence electrons. The summed E-state index contributed by atoms with van der Waals surface area (Å²) < 4.78 is 6.97. The smallest absolute Gasteiger partial charge is 0.343 e. The van der Waals surface area contributed by atoms with E-state index in [1.807, 2.05) is 0 Å². The molecule has 0 radical (unpaired) electrons. The fourth-order valence-corrected chi connectivity index (χ4v) is 3.15. The molecule has 3 aromatic rings. The predicted octanol–water partition coefficient (Wildman–Crippen LogP) is 4.31. The van der Waals surface area contributed by atoms with Crippen molar-refractivity contribution < 1.29 is 19.1 Å². The van der Waals surface area contributed by atoms with E-state index in [0.717, 1.165) is 8.95 Å². The van der Waals surface area contributed by atoms with Crippen LogP contribution in [0.3, 0.4) is 0 Å². The molecular formula is C23H17Br2N3O4. The lowest BCUT2D eigenvalue weighted by Crippen LogP contribution is -2.34. The van der Waals surface area contributed by atoms with E-state index >= 15 is 0 Å². The first-order valence-corrected chi connectivity index (χ1v) is 10.9. The first-order valence-electron chi connectivity index (χ1n) is 9.34. The summed E-state index contributed by atoms with van der Waals surface area (Å²) in [5, 5.41) is 6.38. The molecule has 0 aromatic heterocycles. The number of hydrogen-bond acceptors (Lipinski definition) is 5. The van der Waals surface area contributed by atoms with E-state index in [0.29, 0.717) is 22.4 Å². The Morgan fingerprint density at radius 2 is 1.59 bits per heavy atom. The Morgan fingerprint density at radius 1 is 0.875 bits per heavy atom. The third kappa shape index (κ3) is 7.14. The summed E-state index contributed by atoms with van der Waals surface area (Å²) in [6, 6.07) is 20.3. The van der Waals surface area contributed by atoms with Crippen molar-refractivity contribution >= 4 is 55.9 Å². The van der Waals surface area contributed by atoms with Gasteiger partial charge in [0.1, 0.15) is 5.75 Å². The molecule has 2 N–H and O–H groups in total. The quantitative estimate of drug-likeness (QED) is 0.195. The molecule has 0 saturated heterocycles. The highest BCUT2D eigenvalue weighted by molar-refractivity contribution is 9.10. The van der Waals surface area contributed by atoms with Crippen molar-refractivity contribution in [2.24, 2.45) is 5.10 Å². The van der Waals surface area contributed by atoms with Crippen LogP contribution in [0.15, 0.2) is 86.8 Å². The van der Waals surface area contributed by atoms with Crippen LogP contribution in [0.4, 0.5) is 0 Å². The summed E-state index contributed by atoms with van der Waals surface area (Å²) in [5.74, 6) is -0.909. The zero-order chi connectivity index (χ0) is 22.9. The number of carbonyl (C=O) groups excluding carboxylic acids is 3. The number of carbonyl (C=O) groups is 3. The second-order valence-corrected chi connectivity index (χ2v) is 8.28. The zero-order valence-corrected chi connectivity index (χ0v) is 19.7. The van der Waals surface area contributed by atoms with E-state index in [1.165, 1.54) is 6.21 Å². The van der Waals surface area contributed by atoms with Gasteiger partial charge in [0.15, 0.2) is 0 Å². The average molecular weight is 559 g/mol. The Bertz CT molecular complexity index is 1150. The number of hydrogen-bond donors (Lipinski definition) is 2. The molecule has 0 aliphatic carbocycles. The zero-order valence-electron chi connectivity index (χ0n) is 16.5. The maximum atomic E-state index is 12.1. The number of ether oxygens (including phenoxy) is 1. The van der Waals surface area contributed by atoms with E-state index in [-0.39, 0.29) is 12.5 Å². The van der Waals surface area contributed by atoms with E-state index < -0.39 is 11.9 Å². The number of amides is 2. The van der Waals surface area contributed by atoms with Crippen LogP contribution in [0.5, 0.6) is 5.75 Å². The SMILES string of the molecule is O=C(CNC(=O)c1cccc(Br)c1)N/N=C\c1ccc(OC(=O)c2ccc(Br)cc2)cc1. The largest absolute Gasteiger partial charge is 0.423 e. The first-order chi connectivity index (χ1) is 15.4. The van der Waals surface area contributed by atoms with Crippen LogP contribution >= 0.6 is 31.9 Å². The van der Waals surface area contributed by atoms with E-state index in [9.17, 15) is 14.4 Å². The minimum atomic E-state index is -0.468. The monoisotopic (exact) mass is 557 g/mol. The molecule has 9 heteroatoms. The number of rotatable bonds is 7. The van der Waals surface area contributed by atoms with Crippen molar-refractivity contribution in [2.75, 3.05) is 6.54 Å². The Kier molecular flexibility index (Phi) is 8.29. The third-order valence-corrected chi connectivity index (χ3v) is 5.09. The number of halogens is 2. The molecule has 0 fully saturated rings. The second-order valence-electron chi connectivity index (χ2n) is 6.45. The highest BCUT2D eigenvalue weighted by atomic mass is 79.9. The molecule has 3 rings (SSSR count). The van der Waals surface area contributed by atoms with Crippen LogP contribution in [0.25, 0.3) is 0 Å². The van der Waals surface area contributed by atoms with Gasteiger partial charge < -0.3 is 10.1 Å².